The van der Waals surface area contributed by atoms with Crippen molar-refractivity contribution in [3.8, 4) is 0 Å². The number of imidazole rings is 1. The summed E-state index contributed by atoms with van der Waals surface area (Å²) >= 11 is 0. The second kappa shape index (κ2) is 11.4. The predicted molar refractivity (Wildman–Crippen MR) is 132 cm³/mol. The zero-order valence-corrected chi connectivity index (χ0v) is 22.5. The SMILES string of the molecule is C/C(=C\CP(=O)(OCOC(=O)C(C)(C)C)OCOC(=O)C(C)(C)C)Cn1cnc2c(=O)[nH]c(N)nc21. The predicted octanol–water partition coefficient (Wildman–Crippen LogP) is 2.97. The molecule has 3 N–H and O–H groups in total. The number of nitrogens with two attached hydrogens (primary N) is 1. The average Bonchev–Trinajstić information content (AvgIpc) is 3.13. The van der Waals surface area contributed by atoms with Gasteiger partial charge in [0, 0.05) is 6.54 Å². The van der Waals surface area contributed by atoms with Gasteiger partial charge in [-0.2, -0.15) is 4.98 Å². The van der Waals surface area contributed by atoms with E-state index in [1.54, 1.807) is 59.1 Å². The molecule has 2 rings (SSSR count). The van der Waals surface area contributed by atoms with E-state index in [0.717, 1.165) is 0 Å². The van der Waals surface area contributed by atoms with Gasteiger partial charge >= 0.3 is 19.5 Å². The summed E-state index contributed by atoms with van der Waals surface area (Å²) in [6.07, 6.45) is 2.83. The van der Waals surface area contributed by atoms with Crippen LogP contribution >= 0.6 is 7.60 Å². The Morgan fingerprint density at radius 3 is 2.11 bits per heavy atom. The van der Waals surface area contributed by atoms with Gasteiger partial charge in [0.2, 0.25) is 19.5 Å². The molecule has 0 amide bonds. The summed E-state index contributed by atoms with van der Waals surface area (Å²) in [5.41, 5.74) is 4.75. The molecule has 0 aliphatic heterocycles. The van der Waals surface area contributed by atoms with Crippen molar-refractivity contribution in [2.45, 2.75) is 55.0 Å². The topological polar surface area (TPSA) is 178 Å². The summed E-state index contributed by atoms with van der Waals surface area (Å²) in [5.74, 6) is -1.14. The fourth-order valence-electron chi connectivity index (χ4n) is 2.58. The minimum atomic E-state index is -3.89. The minimum absolute atomic E-state index is 0.0446. The van der Waals surface area contributed by atoms with E-state index < -0.39 is 49.5 Å². The molecular formula is C22H34N5O8P. The molecule has 2 aromatic rings. The van der Waals surface area contributed by atoms with E-state index in [1.165, 1.54) is 6.33 Å². The second-order valence-electron chi connectivity index (χ2n) is 10.2. The molecule has 0 radical (unpaired) electrons. The van der Waals surface area contributed by atoms with Gasteiger partial charge in [-0.15, -0.1) is 0 Å². The number of hydrogen-bond acceptors (Lipinski definition) is 11. The zero-order valence-electron chi connectivity index (χ0n) is 21.6. The van der Waals surface area contributed by atoms with Crippen molar-refractivity contribution in [1.29, 1.82) is 0 Å². The highest BCUT2D eigenvalue weighted by atomic mass is 31.2. The Hall–Kier alpha value is -3.02. The van der Waals surface area contributed by atoms with Gasteiger partial charge in [0.15, 0.2) is 11.2 Å². The number of H-pyrrole nitrogens is 1. The lowest BCUT2D eigenvalue weighted by Gasteiger charge is -2.21. The molecule has 0 aliphatic carbocycles. The monoisotopic (exact) mass is 527 g/mol. The van der Waals surface area contributed by atoms with Gasteiger partial charge in [-0.1, -0.05) is 11.6 Å². The van der Waals surface area contributed by atoms with Crippen LogP contribution in [0.5, 0.6) is 0 Å². The summed E-state index contributed by atoms with van der Waals surface area (Å²) < 4.78 is 35.6. The minimum Gasteiger partial charge on any atom is -0.438 e. The van der Waals surface area contributed by atoms with Gasteiger partial charge in [-0.05, 0) is 48.5 Å². The first-order chi connectivity index (χ1) is 16.5. The van der Waals surface area contributed by atoms with E-state index in [-0.39, 0.29) is 24.2 Å². The maximum atomic E-state index is 13.3. The van der Waals surface area contributed by atoms with Crippen LogP contribution in [0.2, 0.25) is 0 Å². The Labute approximate surface area is 208 Å². The molecule has 0 aliphatic rings. The Balaban J connectivity index is 2.13. The molecule has 0 fully saturated rings. The van der Waals surface area contributed by atoms with Crippen LogP contribution in [0.25, 0.3) is 11.2 Å². The highest BCUT2D eigenvalue weighted by Gasteiger charge is 2.29. The van der Waals surface area contributed by atoms with Crippen LogP contribution in [0.1, 0.15) is 48.5 Å². The molecule has 36 heavy (non-hydrogen) atoms. The lowest BCUT2D eigenvalue weighted by atomic mass is 9.98. The van der Waals surface area contributed by atoms with Crippen molar-refractivity contribution < 1.29 is 32.7 Å². The van der Waals surface area contributed by atoms with Gasteiger partial charge in [-0.3, -0.25) is 33.0 Å². The smallest absolute Gasteiger partial charge is 0.340 e. The number of ether oxygens (including phenoxy) is 2. The van der Waals surface area contributed by atoms with Crippen molar-refractivity contribution in [1.82, 2.24) is 19.5 Å². The van der Waals surface area contributed by atoms with Crippen molar-refractivity contribution in [2.75, 3.05) is 25.5 Å². The van der Waals surface area contributed by atoms with Crippen molar-refractivity contribution in [3.05, 3.63) is 28.3 Å². The molecule has 0 atom stereocenters. The highest BCUT2D eigenvalue weighted by molar-refractivity contribution is 7.54. The fourth-order valence-corrected chi connectivity index (χ4v) is 3.83. The first-order valence-electron chi connectivity index (χ1n) is 11.1. The summed E-state index contributed by atoms with van der Waals surface area (Å²) in [6.45, 7) is 10.8. The third-order valence-corrected chi connectivity index (χ3v) is 6.31. The summed E-state index contributed by atoms with van der Waals surface area (Å²) in [7, 11) is -3.89. The average molecular weight is 528 g/mol. The first kappa shape index (κ1) is 29.2. The number of esters is 2. The Morgan fingerprint density at radius 2 is 1.61 bits per heavy atom. The highest BCUT2D eigenvalue weighted by Crippen LogP contribution is 2.48. The maximum absolute atomic E-state index is 13.3. The van der Waals surface area contributed by atoms with E-state index in [0.29, 0.717) is 11.2 Å². The van der Waals surface area contributed by atoms with Gasteiger partial charge in [-0.25, -0.2) is 4.98 Å². The Bertz CT molecular complexity index is 1200. The molecule has 0 unspecified atom stereocenters. The van der Waals surface area contributed by atoms with E-state index in [4.69, 9.17) is 24.3 Å². The number of rotatable bonds is 10. The summed E-state index contributed by atoms with van der Waals surface area (Å²) in [5, 5.41) is 0. The van der Waals surface area contributed by atoms with Crippen molar-refractivity contribution >= 4 is 36.6 Å². The molecule has 13 nitrogen and oxygen atoms in total. The Morgan fingerprint density at radius 1 is 1.08 bits per heavy atom. The molecule has 0 bridgehead atoms. The molecule has 0 saturated carbocycles. The molecule has 0 spiro atoms. The number of anilines is 1. The maximum Gasteiger partial charge on any atom is 0.340 e. The number of nitrogen functional groups attached to an aromatic ring is 1. The molecular weight excluding hydrogens is 493 g/mol. The number of nitrogens with one attached hydrogen (secondary N) is 1. The van der Waals surface area contributed by atoms with Crippen LogP contribution in [0.15, 0.2) is 22.8 Å². The van der Waals surface area contributed by atoms with Crippen LogP contribution in [-0.2, 0) is 39.2 Å². The van der Waals surface area contributed by atoms with Crippen LogP contribution in [0.4, 0.5) is 5.95 Å². The molecule has 14 heteroatoms. The number of fused-ring (bicyclic) bond motifs is 1. The molecule has 0 aromatic carbocycles. The largest absolute Gasteiger partial charge is 0.438 e. The zero-order chi connectivity index (χ0) is 27.3. The number of hydrogen-bond donors (Lipinski definition) is 2. The van der Waals surface area contributed by atoms with E-state index in [9.17, 15) is 18.9 Å². The number of aromatic nitrogens is 4. The lowest BCUT2D eigenvalue weighted by molar-refractivity contribution is -0.161. The van der Waals surface area contributed by atoms with Crippen LogP contribution < -0.4 is 11.3 Å². The molecule has 0 saturated heterocycles. The normalized spacial score (nSPS) is 13.1. The first-order valence-corrected chi connectivity index (χ1v) is 12.8. The quantitative estimate of drug-likeness (QED) is 0.201. The van der Waals surface area contributed by atoms with Crippen molar-refractivity contribution in [3.63, 3.8) is 0 Å². The number of aromatic amines is 1. The van der Waals surface area contributed by atoms with E-state index in [2.05, 4.69) is 15.0 Å². The van der Waals surface area contributed by atoms with Gasteiger partial charge in [0.05, 0.1) is 23.3 Å². The number of carbonyl (C=O) groups excluding carboxylic acids is 2. The lowest BCUT2D eigenvalue weighted by Crippen LogP contribution is -2.25. The van der Waals surface area contributed by atoms with Crippen LogP contribution in [-0.4, -0.2) is 51.2 Å². The van der Waals surface area contributed by atoms with E-state index in [1.807, 2.05) is 0 Å². The van der Waals surface area contributed by atoms with Gasteiger partial charge < -0.3 is 19.8 Å². The fraction of sp³-hybridized carbons (Fsp3) is 0.591. The third kappa shape index (κ3) is 8.28. The Kier molecular flexibility index (Phi) is 9.22. The molecule has 2 aromatic heterocycles. The second-order valence-corrected chi connectivity index (χ2v) is 12.3. The summed E-state index contributed by atoms with van der Waals surface area (Å²) in [4.78, 5) is 46.5. The third-order valence-electron chi connectivity index (χ3n) is 4.68. The number of allylic oxidation sites excluding steroid dienone is 2. The van der Waals surface area contributed by atoms with Gasteiger partial charge in [0.1, 0.15) is 0 Å². The van der Waals surface area contributed by atoms with Crippen LogP contribution in [0, 0.1) is 10.8 Å². The number of carbonyl (C=O) groups is 2. The summed E-state index contributed by atoms with van der Waals surface area (Å²) in [6, 6.07) is 0. The van der Waals surface area contributed by atoms with Crippen molar-refractivity contribution in [2.24, 2.45) is 10.8 Å². The van der Waals surface area contributed by atoms with E-state index >= 15 is 0 Å². The molecule has 200 valence electrons. The number of nitrogens with zero attached hydrogens (tertiary/aromatic N) is 3. The van der Waals surface area contributed by atoms with Crippen LogP contribution in [0.3, 0.4) is 0 Å². The molecule has 2 heterocycles. The van der Waals surface area contributed by atoms with Gasteiger partial charge in [0.25, 0.3) is 5.56 Å². The standard InChI is InChI=1S/C22H34N5O8P/c1-14(10-27-11-24-15-16(27)25-20(23)26-17(15)28)8-9-36(31,34-12-32-18(29)21(2,3)4)35-13-33-19(30)22(5,6)7/h8,11H,9-10,12-13H2,1-7H3,(H3,23,25,26,28)/b14-8+.